The normalized spacial score (nSPS) is 12.5. The van der Waals surface area contributed by atoms with E-state index in [1.54, 1.807) is 18.2 Å². The Morgan fingerprint density at radius 3 is 2.50 bits per heavy atom. The van der Waals surface area contributed by atoms with Crippen molar-refractivity contribution in [2.75, 3.05) is 12.4 Å². The molecule has 0 radical (unpaired) electrons. The summed E-state index contributed by atoms with van der Waals surface area (Å²) in [7, 11) is -2.73. The molecule has 0 heterocycles. The van der Waals surface area contributed by atoms with Crippen LogP contribution in [0.5, 0.6) is 5.75 Å². The van der Waals surface area contributed by atoms with Crippen molar-refractivity contribution in [3.63, 3.8) is 0 Å². The molecule has 0 aliphatic carbocycles. The summed E-state index contributed by atoms with van der Waals surface area (Å²) in [5.74, 6) is -0.508. The summed E-state index contributed by atoms with van der Waals surface area (Å²) in [5, 5.41) is 3.17. The largest absolute Gasteiger partial charge is 0.495 e. The molecular formula is C16H15Cl3N2O4S. The van der Waals surface area contributed by atoms with Gasteiger partial charge in [0.05, 0.1) is 28.9 Å². The van der Waals surface area contributed by atoms with E-state index < -0.39 is 22.0 Å². The van der Waals surface area contributed by atoms with Crippen molar-refractivity contribution in [3.8, 4) is 5.75 Å². The zero-order valence-corrected chi connectivity index (χ0v) is 16.8. The molecule has 0 saturated carbocycles. The van der Waals surface area contributed by atoms with Crippen LogP contribution in [0.3, 0.4) is 0 Å². The predicted octanol–water partition coefficient (Wildman–Crippen LogP) is 3.96. The van der Waals surface area contributed by atoms with Crippen LogP contribution in [0.15, 0.2) is 41.3 Å². The number of rotatable bonds is 6. The Morgan fingerprint density at radius 1 is 1.15 bits per heavy atom. The molecule has 0 aliphatic heterocycles. The zero-order valence-electron chi connectivity index (χ0n) is 13.7. The van der Waals surface area contributed by atoms with Gasteiger partial charge in [0.2, 0.25) is 15.9 Å². The second kappa shape index (κ2) is 8.45. The molecule has 2 aromatic rings. The third-order valence-electron chi connectivity index (χ3n) is 3.35. The summed E-state index contributed by atoms with van der Waals surface area (Å²) in [6.07, 6.45) is 0. The fraction of sp³-hybridized carbons (Fsp3) is 0.188. The molecule has 140 valence electrons. The van der Waals surface area contributed by atoms with E-state index in [0.29, 0.717) is 0 Å². The van der Waals surface area contributed by atoms with Crippen LogP contribution in [0.1, 0.15) is 6.92 Å². The van der Waals surface area contributed by atoms with Crippen molar-refractivity contribution in [1.82, 2.24) is 4.72 Å². The first kappa shape index (κ1) is 20.8. The number of carbonyl (C=O) groups excluding carboxylic acids is 1. The van der Waals surface area contributed by atoms with Gasteiger partial charge in [0.25, 0.3) is 0 Å². The Hall–Kier alpha value is -1.51. The molecule has 0 aliphatic rings. The summed E-state index contributed by atoms with van der Waals surface area (Å²) in [6, 6.07) is 7.78. The zero-order chi connectivity index (χ0) is 19.5. The number of methoxy groups -OCH3 is 1. The lowest BCUT2D eigenvalue weighted by molar-refractivity contribution is -0.117. The van der Waals surface area contributed by atoms with Crippen LogP contribution in [0.25, 0.3) is 0 Å². The highest BCUT2D eigenvalue weighted by Gasteiger charge is 2.25. The summed E-state index contributed by atoms with van der Waals surface area (Å²) in [4.78, 5) is 12.1. The number of carbonyl (C=O) groups is 1. The maximum atomic E-state index is 12.6. The second-order valence-corrected chi connectivity index (χ2v) is 8.13. The van der Waals surface area contributed by atoms with Gasteiger partial charge in [-0.3, -0.25) is 4.79 Å². The van der Waals surface area contributed by atoms with E-state index in [0.717, 1.165) is 0 Å². The van der Waals surface area contributed by atoms with E-state index in [2.05, 4.69) is 10.0 Å². The van der Waals surface area contributed by atoms with E-state index >= 15 is 0 Å². The number of ether oxygens (including phenoxy) is 1. The Balaban J connectivity index is 2.20. The first-order chi connectivity index (χ1) is 12.2. The van der Waals surface area contributed by atoms with E-state index in [9.17, 15) is 13.2 Å². The highest BCUT2D eigenvalue weighted by molar-refractivity contribution is 7.89. The van der Waals surface area contributed by atoms with Gasteiger partial charge in [0, 0.05) is 5.02 Å². The minimum atomic E-state index is -4.06. The highest BCUT2D eigenvalue weighted by Crippen LogP contribution is 2.30. The van der Waals surface area contributed by atoms with Crippen LogP contribution < -0.4 is 14.8 Å². The van der Waals surface area contributed by atoms with Gasteiger partial charge in [-0.1, -0.05) is 40.9 Å². The van der Waals surface area contributed by atoms with Crippen molar-refractivity contribution in [1.29, 1.82) is 0 Å². The van der Waals surface area contributed by atoms with Gasteiger partial charge < -0.3 is 10.1 Å². The molecule has 0 unspecified atom stereocenters. The van der Waals surface area contributed by atoms with E-state index in [4.69, 9.17) is 39.5 Å². The molecule has 0 aromatic heterocycles. The molecule has 2 N–H and O–H groups in total. The Labute approximate surface area is 166 Å². The standard InChI is InChI=1S/C16H15Cl3N2O4S/c1-9(16(22)20-12-5-3-4-11(18)15(12)19)21-26(23,24)14-8-10(17)6-7-13(14)25-2/h3-9,21H,1-2H3,(H,20,22)/t9-/m0/s1. The minimum Gasteiger partial charge on any atom is -0.495 e. The minimum absolute atomic E-state index is 0.104. The Kier molecular flexibility index (Phi) is 6.76. The maximum Gasteiger partial charge on any atom is 0.245 e. The molecule has 6 nitrogen and oxygen atoms in total. The van der Waals surface area contributed by atoms with Gasteiger partial charge >= 0.3 is 0 Å². The first-order valence-corrected chi connectivity index (χ1v) is 9.88. The molecule has 0 bridgehead atoms. The maximum absolute atomic E-state index is 12.6. The van der Waals surface area contributed by atoms with Crippen LogP contribution in [-0.2, 0) is 14.8 Å². The van der Waals surface area contributed by atoms with E-state index in [1.807, 2.05) is 0 Å². The number of hydrogen-bond donors (Lipinski definition) is 2. The SMILES string of the molecule is COc1ccc(Cl)cc1S(=O)(=O)N[C@@H](C)C(=O)Nc1cccc(Cl)c1Cl. The number of nitrogens with one attached hydrogen (secondary N) is 2. The molecule has 10 heteroatoms. The molecule has 1 amide bonds. The van der Waals surface area contributed by atoms with Crippen molar-refractivity contribution in [3.05, 3.63) is 51.5 Å². The quantitative estimate of drug-likeness (QED) is 0.716. The molecular weight excluding hydrogens is 423 g/mol. The van der Waals surface area contributed by atoms with Crippen LogP contribution in [0.4, 0.5) is 5.69 Å². The molecule has 1 atom stereocenters. The summed E-state index contributed by atoms with van der Waals surface area (Å²) < 4.78 is 32.5. The molecule has 0 spiro atoms. The van der Waals surface area contributed by atoms with Gasteiger partial charge in [0.1, 0.15) is 10.6 Å². The van der Waals surface area contributed by atoms with Gasteiger partial charge in [-0.2, -0.15) is 4.72 Å². The molecule has 0 saturated heterocycles. The Bertz CT molecular complexity index is 935. The first-order valence-electron chi connectivity index (χ1n) is 7.26. The number of halogens is 3. The van der Waals surface area contributed by atoms with Crippen molar-refractivity contribution in [2.24, 2.45) is 0 Å². The van der Waals surface area contributed by atoms with Crippen molar-refractivity contribution >= 4 is 56.4 Å². The third-order valence-corrected chi connectivity index (χ3v) is 5.97. The van der Waals surface area contributed by atoms with Crippen LogP contribution in [0.2, 0.25) is 15.1 Å². The smallest absolute Gasteiger partial charge is 0.245 e. The number of sulfonamides is 1. The third kappa shape index (κ3) is 4.81. The average Bonchev–Trinajstić information content (AvgIpc) is 2.58. The summed E-state index contributed by atoms with van der Waals surface area (Å²) in [6.45, 7) is 1.39. The highest BCUT2D eigenvalue weighted by atomic mass is 35.5. The Morgan fingerprint density at radius 2 is 1.85 bits per heavy atom. The average molecular weight is 438 g/mol. The topological polar surface area (TPSA) is 84.5 Å². The van der Waals surface area contributed by atoms with Gasteiger partial charge in [-0.05, 0) is 37.3 Å². The summed E-state index contributed by atoms with van der Waals surface area (Å²) in [5.41, 5.74) is 0.274. The monoisotopic (exact) mass is 436 g/mol. The van der Waals surface area contributed by atoms with E-state index in [1.165, 1.54) is 32.2 Å². The number of hydrogen-bond acceptors (Lipinski definition) is 4. The van der Waals surface area contributed by atoms with Crippen molar-refractivity contribution in [2.45, 2.75) is 17.9 Å². The lowest BCUT2D eigenvalue weighted by Crippen LogP contribution is -2.41. The van der Waals surface area contributed by atoms with Crippen LogP contribution >= 0.6 is 34.8 Å². The number of amides is 1. The van der Waals surface area contributed by atoms with E-state index in [-0.39, 0.29) is 31.4 Å². The van der Waals surface area contributed by atoms with Crippen LogP contribution in [0, 0.1) is 0 Å². The fourth-order valence-electron chi connectivity index (χ4n) is 2.05. The second-order valence-electron chi connectivity index (χ2n) is 5.23. The van der Waals surface area contributed by atoms with Gasteiger partial charge in [-0.25, -0.2) is 8.42 Å². The fourth-order valence-corrected chi connectivity index (χ4v) is 4.03. The molecule has 26 heavy (non-hydrogen) atoms. The summed E-state index contributed by atoms with van der Waals surface area (Å²) >= 11 is 17.8. The van der Waals surface area contributed by atoms with Crippen molar-refractivity contribution < 1.29 is 17.9 Å². The number of benzene rings is 2. The molecule has 2 rings (SSSR count). The lowest BCUT2D eigenvalue weighted by Gasteiger charge is -2.16. The van der Waals surface area contributed by atoms with Crippen LogP contribution in [-0.4, -0.2) is 27.5 Å². The van der Waals surface area contributed by atoms with Gasteiger partial charge in [0.15, 0.2) is 0 Å². The molecule has 0 fully saturated rings. The predicted molar refractivity (Wildman–Crippen MR) is 103 cm³/mol. The number of anilines is 1. The lowest BCUT2D eigenvalue weighted by atomic mass is 10.3. The molecule has 2 aromatic carbocycles. The van der Waals surface area contributed by atoms with Gasteiger partial charge in [-0.15, -0.1) is 0 Å².